The number of hydrogen-bond donors (Lipinski definition) is 2. The van der Waals surface area contributed by atoms with Crippen molar-refractivity contribution in [1.29, 1.82) is 0 Å². The maximum atomic E-state index is 10.5. The summed E-state index contributed by atoms with van der Waals surface area (Å²) in [6.45, 7) is 2.19. The third-order valence-electron chi connectivity index (χ3n) is 6.87. The lowest BCUT2D eigenvalue weighted by Gasteiger charge is -2.50. The van der Waals surface area contributed by atoms with E-state index in [-0.39, 0.29) is 23.5 Å². The zero-order valence-corrected chi connectivity index (χ0v) is 13.5. The average Bonchev–Trinajstić information content (AvgIpc) is 2.76. The summed E-state index contributed by atoms with van der Waals surface area (Å²) in [5.74, 6) is 2.23. The first kappa shape index (κ1) is 14.5. The van der Waals surface area contributed by atoms with Gasteiger partial charge in [-0.15, -0.1) is 0 Å². The van der Waals surface area contributed by atoms with Gasteiger partial charge < -0.3 is 14.9 Å². The molecule has 0 bridgehead atoms. The van der Waals surface area contributed by atoms with Crippen molar-refractivity contribution in [2.24, 2.45) is 17.3 Å². The molecule has 1 aromatic rings. The Hall–Kier alpha value is -1.06. The molecule has 4 rings (SSSR count). The summed E-state index contributed by atoms with van der Waals surface area (Å²) in [4.78, 5) is 0. The lowest BCUT2D eigenvalue weighted by atomic mass is 9.55. The quantitative estimate of drug-likeness (QED) is 0.838. The zero-order chi connectivity index (χ0) is 15.5. The number of hydrogen-bond acceptors (Lipinski definition) is 3. The number of aliphatic hydroxyl groups excluding tert-OH is 2. The van der Waals surface area contributed by atoms with Crippen molar-refractivity contribution >= 4 is 0 Å². The highest BCUT2D eigenvalue weighted by atomic mass is 16.5. The zero-order valence-electron chi connectivity index (χ0n) is 13.5. The second kappa shape index (κ2) is 4.97. The summed E-state index contributed by atoms with van der Waals surface area (Å²) in [5, 5.41) is 21.0. The first-order valence-corrected chi connectivity index (χ1v) is 8.57. The lowest BCUT2D eigenvalue weighted by molar-refractivity contribution is -0.0440. The Morgan fingerprint density at radius 3 is 2.82 bits per heavy atom. The first-order chi connectivity index (χ1) is 10.5. The fourth-order valence-electron chi connectivity index (χ4n) is 5.72. The molecule has 2 fully saturated rings. The molecule has 3 nitrogen and oxygen atoms in total. The van der Waals surface area contributed by atoms with Crippen LogP contribution in [0.2, 0.25) is 0 Å². The molecule has 3 aliphatic carbocycles. The lowest BCUT2D eigenvalue weighted by Crippen LogP contribution is -2.46. The molecular weight excluding hydrogens is 276 g/mol. The summed E-state index contributed by atoms with van der Waals surface area (Å²) in [6, 6.07) is 6.47. The predicted octanol–water partition coefficient (Wildman–Crippen LogP) is 2.88. The minimum atomic E-state index is -0.342. The molecule has 22 heavy (non-hydrogen) atoms. The van der Waals surface area contributed by atoms with Gasteiger partial charge in [-0.2, -0.15) is 0 Å². The Kier molecular flexibility index (Phi) is 3.28. The van der Waals surface area contributed by atoms with Gasteiger partial charge in [-0.3, -0.25) is 0 Å². The molecule has 0 spiro atoms. The molecule has 6 atom stereocenters. The first-order valence-electron chi connectivity index (χ1n) is 8.57. The highest BCUT2D eigenvalue weighted by Gasteiger charge is 2.58. The summed E-state index contributed by atoms with van der Waals surface area (Å²) >= 11 is 0. The van der Waals surface area contributed by atoms with E-state index in [1.54, 1.807) is 7.11 Å². The summed E-state index contributed by atoms with van der Waals surface area (Å²) < 4.78 is 5.36. The van der Waals surface area contributed by atoms with Crippen LogP contribution in [0.15, 0.2) is 18.2 Å². The van der Waals surface area contributed by atoms with Gasteiger partial charge >= 0.3 is 0 Å². The van der Waals surface area contributed by atoms with Crippen LogP contribution in [0.3, 0.4) is 0 Å². The maximum Gasteiger partial charge on any atom is 0.119 e. The molecule has 1 aromatic carbocycles. The average molecular weight is 302 g/mol. The van der Waals surface area contributed by atoms with E-state index in [2.05, 4.69) is 25.1 Å². The van der Waals surface area contributed by atoms with Gasteiger partial charge in [0.25, 0.3) is 0 Å². The molecule has 0 amide bonds. The van der Waals surface area contributed by atoms with Crippen LogP contribution in [-0.2, 0) is 6.42 Å². The van der Waals surface area contributed by atoms with Gasteiger partial charge in [0, 0.05) is 6.42 Å². The number of fused-ring (bicyclic) bond motifs is 5. The molecule has 0 radical (unpaired) electrons. The van der Waals surface area contributed by atoms with Crippen LogP contribution in [0.25, 0.3) is 0 Å². The summed E-state index contributed by atoms with van der Waals surface area (Å²) in [6.07, 6.45) is 4.19. The Morgan fingerprint density at radius 2 is 2.05 bits per heavy atom. The highest BCUT2D eigenvalue weighted by molar-refractivity contribution is 5.40. The molecule has 120 valence electrons. The smallest absolute Gasteiger partial charge is 0.119 e. The van der Waals surface area contributed by atoms with Crippen LogP contribution in [0.4, 0.5) is 0 Å². The number of aryl methyl sites for hydroxylation is 1. The maximum absolute atomic E-state index is 10.5. The molecule has 0 saturated heterocycles. The van der Waals surface area contributed by atoms with E-state index in [1.165, 1.54) is 11.1 Å². The fourth-order valence-corrected chi connectivity index (χ4v) is 5.72. The van der Waals surface area contributed by atoms with E-state index < -0.39 is 0 Å². The summed E-state index contributed by atoms with van der Waals surface area (Å²) in [5.41, 5.74) is 2.77. The van der Waals surface area contributed by atoms with E-state index >= 15 is 0 Å². The van der Waals surface area contributed by atoms with E-state index in [9.17, 15) is 10.2 Å². The SMILES string of the molecule is COc1ccc2c(c1)CC[C@H]1[C@@H]3[C@@H](O)C[C@H](O)[C@@]3(C)CC[C@H]21. The Balaban J connectivity index is 1.71. The largest absolute Gasteiger partial charge is 0.497 e. The number of benzene rings is 1. The van der Waals surface area contributed by atoms with Crippen LogP contribution in [0.5, 0.6) is 5.75 Å². The minimum Gasteiger partial charge on any atom is -0.497 e. The monoisotopic (exact) mass is 302 g/mol. The number of methoxy groups -OCH3 is 1. The molecule has 0 aromatic heterocycles. The third-order valence-corrected chi connectivity index (χ3v) is 6.87. The van der Waals surface area contributed by atoms with Gasteiger partial charge in [-0.1, -0.05) is 13.0 Å². The number of rotatable bonds is 1. The molecule has 0 aliphatic heterocycles. The molecule has 0 heterocycles. The standard InChI is InChI=1S/C19H26O3/c1-19-8-7-14-13-6-4-12(22-2)9-11(13)3-5-15(14)18(19)16(20)10-17(19)21/h4,6,9,14-18,20-21H,3,5,7-8,10H2,1-2H3/t14-,15-,16+,17+,18-,19-/m1/s1. The van der Waals surface area contributed by atoms with Crippen molar-refractivity contribution < 1.29 is 14.9 Å². The van der Waals surface area contributed by atoms with Gasteiger partial charge in [0.15, 0.2) is 0 Å². The normalized spacial score (nSPS) is 43.2. The van der Waals surface area contributed by atoms with Crippen molar-refractivity contribution in [3.63, 3.8) is 0 Å². The molecule has 2 N–H and O–H groups in total. The number of ether oxygens (including phenoxy) is 1. The van der Waals surface area contributed by atoms with E-state index in [4.69, 9.17) is 4.74 Å². The van der Waals surface area contributed by atoms with Crippen molar-refractivity contribution in [2.45, 2.75) is 57.2 Å². The predicted molar refractivity (Wildman–Crippen MR) is 85.0 cm³/mol. The molecule has 3 aliphatic rings. The van der Waals surface area contributed by atoms with E-state index in [0.29, 0.717) is 18.3 Å². The van der Waals surface area contributed by atoms with Crippen molar-refractivity contribution in [2.75, 3.05) is 7.11 Å². The summed E-state index contributed by atoms with van der Waals surface area (Å²) in [7, 11) is 1.72. The van der Waals surface area contributed by atoms with Crippen molar-refractivity contribution in [1.82, 2.24) is 0 Å². The van der Waals surface area contributed by atoms with Gasteiger partial charge in [-0.25, -0.2) is 0 Å². The molecule has 2 saturated carbocycles. The second-order valence-corrected chi connectivity index (χ2v) is 7.76. The van der Waals surface area contributed by atoms with Crippen molar-refractivity contribution in [3.8, 4) is 5.75 Å². The van der Waals surface area contributed by atoms with Gasteiger partial charge in [0.2, 0.25) is 0 Å². The van der Waals surface area contributed by atoms with Gasteiger partial charge in [0.05, 0.1) is 19.3 Å². The van der Waals surface area contributed by atoms with Gasteiger partial charge in [-0.05, 0) is 72.1 Å². The van der Waals surface area contributed by atoms with Gasteiger partial charge in [0.1, 0.15) is 5.75 Å². The Morgan fingerprint density at radius 1 is 1.23 bits per heavy atom. The van der Waals surface area contributed by atoms with E-state index in [0.717, 1.165) is 31.4 Å². The van der Waals surface area contributed by atoms with Crippen LogP contribution in [0.1, 0.15) is 49.7 Å². The van der Waals surface area contributed by atoms with Crippen LogP contribution in [-0.4, -0.2) is 29.5 Å². The second-order valence-electron chi connectivity index (χ2n) is 7.76. The Bertz CT molecular complexity index is 584. The van der Waals surface area contributed by atoms with Crippen molar-refractivity contribution in [3.05, 3.63) is 29.3 Å². The van der Waals surface area contributed by atoms with Crippen LogP contribution in [0, 0.1) is 17.3 Å². The molecule has 3 heteroatoms. The molecular formula is C19H26O3. The molecule has 0 unspecified atom stereocenters. The fraction of sp³-hybridized carbons (Fsp3) is 0.684. The van der Waals surface area contributed by atoms with Crippen LogP contribution >= 0.6 is 0 Å². The topological polar surface area (TPSA) is 49.7 Å². The highest BCUT2D eigenvalue weighted by Crippen LogP contribution is 2.60. The Labute approximate surface area is 132 Å². The minimum absolute atomic E-state index is 0.0927. The number of aliphatic hydroxyl groups is 2. The van der Waals surface area contributed by atoms with Crippen LogP contribution < -0.4 is 4.74 Å². The van der Waals surface area contributed by atoms with E-state index in [1.807, 2.05) is 0 Å². The third kappa shape index (κ3) is 1.88.